The van der Waals surface area contributed by atoms with Crippen molar-refractivity contribution in [2.75, 3.05) is 19.0 Å². The number of hydrogen-bond acceptors (Lipinski definition) is 2. The number of carbonyl (C=O) groups excluding carboxylic acids is 1. The topological polar surface area (TPSA) is 32.3 Å². The third-order valence-corrected chi connectivity index (χ3v) is 4.64. The number of benzene rings is 1. The Labute approximate surface area is 128 Å². The molecule has 2 rings (SSSR count). The average molecular weight is 288 g/mol. The molecular weight excluding hydrogens is 260 g/mol. The third-order valence-electron chi connectivity index (χ3n) is 4.64. The number of anilines is 1. The van der Waals surface area contributed by atoms with Gasteiger partial charge in [0.1, 0.15) is 0 Å². The molecule has 0 radical (unpaired) electrons. The van der Waals surface area contributed by atoms with Gasteiger partial charge in [-0.25, -0.2) is 0 Å². The monoisotopic (exact) mass is 288 g/mol. The van der Waals surface area contributed by atoms with E-state index in [2.05, 4.69) is 37.4 Å². The van der Waals surface area contributed by atoms with Crippen molar-refractivity contribution >= 4 is 11.6 Å². The zero-order valence-corrected chi connectivity index (χ0v) is 13.8. The second-order valence-corrected chi connectivity index (χ2v) is 6.12. The molecule has 0 bridgehead atoms. The summed E-state index contributed by atoms with van der Waals surface area (Å²) in [6.45, 7) is 4.51. The van der Waals surface area contributed by atoms with Crippen molar-refractivity contribution in [2.24, 2.45) is 5.92 Å². The Kier molecular flexibility index (Phi) is 5.40. The summed E-state index contributed by atoms with van der Waals surface area (Å²) < 4.78 is 0. The predicted molar refractivity (Wildman–Crippen MR) is 88.7 cm³/mol. The van der Waals surface area contributed by atoms with Gasteiger partial charge in [0, 0.05) is 18.8 Å². The molecule has 0 aliphatic carbocycles. The fourth-order valence-corrected chi connectivity index (χ4v) is 3.58. The minimum absolute atomic E-state index is 0.196. The van der Waals surface area contributed by atoms with E-state index < -0.39 is 0 Å². The van der Waals surface area contributed by atoms with Gasteiger partial charge in [0.2, 0.25) is 5.91 Å². The number of nitrogens with zero attached hydrogens (tertiary/aromatic N) is 1. The average Bonchev–Trinajstić information content (AvgIpc) is 2.75. The molecule has 1 aliphatic rings. The van der Waals surface area contributed by atoms with Gasteiger partial charge in [0.05, 0.1) is 6.42 Å². The second-order valence-electron chi connectivity index (χ2n) is 6.12. The molecule has 1 heterocycles. The molecule has 0 aromatic heterocycles. The van der Waals surface area contributed by atoms with Crippen molar-refractivity contribution in [3.8, 4) is 0 Å². The largest absolute Gasteiger partial charge is 0.315 e. The van der Waals surface area contributed by atoms with Crippen molar-refractivity contribution in [3.05, 3.63) is 29.3 Å². The predicted octanol–water partition coefficient (Wildman–Crippen LogP) is 3.68. The van der Waals surface area contributed by atoms with Crippen LogP contribution in [0.15, 0.2) is 18.2 Å². The second kappa shape index (κ2) is 7.08. The zero-order chi connectivity index (χ0) is 15.4. The molecule has 1 amide bonds. The van der Waals surface area contributed by atoms with Gasteiger partial charge in [-0.2, -0.15) is 0 Å². The van der Waals surface area contributed by atoms with Crippen LogP contribution in [0.5, 0.6) is 0 Å². The van der Waals surface area contributed by atoms with E-state index in [0.717, 1.165) is 5.69 Å². The number of amides is 1. The Morgan fingerprint density at radius 1 is 1.24 bits per heavy atom. The molecule has 0 spiro atoms. The van der Waals surface area contributed by atoms with Gasteiger partial charge < -0.3 is 10.2 Å². The van der Waals surface area contributed by atoms with Crippen molar-refractivity contribution in [1.29, 1.82) is 0 Å². The van der Waals surface area contributed by atoms with E-state index in [-0.39, 0.29) is 5.91 Å². The molecule has 1 unspecified atom stereocenters. The van der Waals surface area contributed by atoms with Crippen LogP contribution in [0, 0.1) is 5.92 Å². The summed E-state index contributed by atoms with van der Waals surface area (Å²) in [7, 11) is 3.91. The van der Waals surface area contributed by atoms with Crippen LogP contribution in [0.2, 0.25) is 0 Å². The van der Waals surface area contributed by atoms with Crippen molar-refractivity contribution < 1.29 is 4.79 Å². The molecule has 1 N–H and O–H groups in total. The van der Waals surface area contributed by atoms with Crippen LogP contribution < -0.4 is 10.2 Å². The van der Waals surface area contributed by atoms with Gasteiger partial charge in [-0.3, -0.25) is 4.79 Å². The van der Waals surface area contributed by atoms with Gasteiger partial charge >= 0.3 is 0 Å². The van der Waals surface area contributed by atoms with Crippen molar-refractivity contribution in [3.63, 3.8) is 0 Å². The summed E-state index contributed by atoms with van der Waals surface area (Å²) >= 11 is 0. The first-order chi connectivity index (χ1) is 10.1. The highest BCUT2D eigenvalue weighted by Crippen LogP contribution is 2.34. The molecule has 0 saturated heterocycles. The highest BCUT2D eigenvalue weighted by Gasteiger charge is 2.26. The number of carbonyl (C=O) groups is 1. The van der Waals surface area contributed by atoms with Gasteiger partial charge in [-0.1, -0.05) is 38.8 Å². The molecule has 1 aromatic carbocycles. The summed E-state index contributed by atoms with van der Waals surface area (Å²) in [6.07, 6.45) is 5.47. The number of hydrogen-bond donors (Lipinski definition) is 1. The van der Waals surface area contributed by atoms with E-state index in [0.29, 0.717) is 18.4 Å². The molecule has 3 nitrogen and oxygen atoms in total. The molecule has 3 heteroatoms. The minimum atomic E-state index is 0.196. The Bertz CT molecular complexity index is 492. The Hall–Kier alpha value is -1.35. The fourth-order valence-electron chi connectivity index (χ4n) is 3.58. The highest BCUT2D eigenvalue weighted by molar-refractivity contribution is 6.00. The van der Waals surface area contributed by atoms with E-state index in [1.807, 2.05) is 14.1 Å². The normalized spacial score (nSPS) is 15.7. The van der Waals surface area contributed by atoms with Crippen LogP contribution in [0.25, 0.3) is 0 Å². The molecule has 0 fully saturated rings. The molecule has 1 atom stereocenters. The van der Waals surface area contributed by atoms with Crippen LogP contribution in [-0.2, 0) is 11.2 Å². The van der Waals surface area contributed by atoms with E-state index >= 15 is 0 Å². The summed E-state index contributed by atoms with van der Waals surface area (Å²) in [5.74, 6) is 0.861. The van der Waals surface area contributed by atoms with Gasteiger partial charge in [-0.05, 0) is 43.0 Å². The Balaban J connectivity index is 2.27. The number of rotatable bonds is 7. The standard InChI is InChI=1S/C18H28N2O/c1-5-7-13(8-6-2)18(19-3)14-9-10-16-15(11-14)12-17(21)20(16)4/h9-11,13,18-19H,5-8,12H2,1-4H3. The van der Waals surface area contributed by atoms with Crippen LogP contribution >= 0.6 is 0 Å². The maximum atomic E-state index is 11.8. The molecule has 1 aromatic rings. The lowest BCUT2D eigenvalue weighted by Crippen LogP contribution is -2.25. The van der Waals surface area contributed by atoms with Crippen LogP contribution in [0.3, 0.4) is 0 Å². The Morgan fingerprint density at radius 3 is 2.48 bits per heavy atom. The molecule has 0 saturated carbocycles. The number of fused-ring (bicyclic) bond motifs is 1. The maximum absolute atomic E-state index is 11.8. The van der Waals surface area contributed by atoms with Crippen LogP contribution in [0.1, 0.15) is 56.7 Å². The highest BCUT2D eigenvalue weighted by atomic mass is 16.2. The van der Waals surface area contributed by atoms with Crippen LogP contribution in [-0.4, -0.2) is 20.0 Å². The summed E-state index contributed by atoms with van der Waals surface area (Å²) in [5.41, 5.74) is 3.57. The first-order valence-electron chi connectivity index (χ1n) is 8.19. The minimum Gasteiger partial charge on any atom is -0.315 e. The number of nitrogens with one attached hydrogen (secondary N) is 1. The molecule has 21 heavy (non-hydrogen) atoms. The maximum Gasteiger partial charge on any atom is 0.231 e. The molecule has 1 aliphatic heterocycles. The summed E-state index contributed by atoms with van der Waals surface area (Å²) in [6, 6.07) is 6.91. The lowest BCUT2D eigenvalue weighted by Gasteiger charge is -2.27. The molecular formula is C18H28N2O. The van der Waals surface area contributed by atoms with Gasteiger partial charge in [-0.15, -0.1) is 0 Å². The first-order valence-corrected chi connectivity index (χ1v) is 8.19. The van der Waals surface area contributed by atoms with E-state index in [4.69, 9.17) is 0 Å². The zero-order valence-electron chi connectivity index (χ0n) is 13.8. The van der Waals surface area contributed by atoms with Crippen LogP contribution in [0.4, 0.5) is 5.69 Å². The van der Waals surface area contributed by atoms with E-state index in [1.165, 1.54) is 36.8 Å². The van der Waals surface area contributed by atoms with E-state index in [9.17, 15) is 4.79 Å². The van der Waals surface area contributed by atoms with Gasteiger partial charge in [0.25, 0.3) is 0 Å². The first kappa shape index (κ1) is 16.0. The SMILES string of the molecule is CCCC(CCC)C(NC)c1ccc2c(c1)CC(=O)N2C. The Morgan fingerprint density at radius 2 is 1.90 bits per heavy atom. The fraction of sp³-hybridized carbons (Fsp3) is 0.611. The van der Waals surface area contributed by atoms with E-state index in [1.54, 1.807) is 4.90 Å². The van der Waals surface area contributed by atoms with Crippen molar-refractivity contribution in [1.82, 2.24) is 5.32 Å². The van der Waals surface area contributed by atoms with Crippen molar-refractivity contribution in [2.45, 2.75) is 52.0 Å². The lowest BCUT2D eigenvalue weighted by molar-refractivity contribution is -0.117. The third kappa shape index (κ3) is 3.29. The molecule has 116 valence electrons. The smallest absolute Gasteiger partial charge is 0.231 e. The summed E-state index contributed by atoms with van der Waals surface area (Å²) in [4.78, 5) is 13.6. The van der Waals surface area contributed by atoms with Gasteiger partial charge in [0.15, 0.2) is 0 Å². The summed E-state index contributed by atoms with van der Waals surface area (Å²) in [5, 5.41) is 3.50. The lowest BCUT2D eigenvalue weighted by atomic mass is 9.85. The quantitative estimate of drug-likeness (QED) is 0.830. The number of likely N-dealkylation sites (N-methyl/N-ethyl adjacent to an activating group) is 1.